The monoisotopic (exact) mass is 430 g/mol. The maximum Gasteiger partial charge on any atom is 0.553 e. The van der Waals surface area contributed by atoms with Gasteiger partial charge in [-0.1, -0.05) is 0 Å². The molecule has 172 valence electrons. The van der Waals surface area contributed by atoms with Crippen molar-refractivity contribution in [1.82, 2.24) is 0 Å². The second-order valence-electron chi connectivity index (χ2n) is 5.48. The predicted molar refractivity (Wildman–Crippen MR) is 91.4 cm³/mol. The third-order valence-electron chi connectivity index (χ3n) is 2.83. The molecule has 0 spiro atoms. The Hall–Kier alpha value is -1.58. The van der Waals surface area contributed by atoms with Gasteiger partial charge < -0.3 is 23.7 Å². The van der Waals surface area contributed by atoms with E-state index >= 15 is 0 Å². The molecule has 13 nitrogen and oxygen atoms in total. The van der Waals surface area contributed by atoms with Crippen LogP contribution in [0.25, 0.3) is 0 Å². The first-order valence-corrected chi connectivity index (χ1v) is 8.98. The van der Waals surface area contributed by atoms with Crippen LogP contribution < -0.4 is 0 Å². The molecule has 0 aliphatic heterocycles. The van der Waals surface area contributed by atoms with Crippen LogP contribution in [-0.2, 0) is 53.3 Å². The van der Waals surface area contributed by atoms with E-state index in [1.807, 2.05) is 0 Å². The fraction of sp³-hybridized carbons (Fsp3) is 0.875. The Morgan fingerprint density at radius 2 is 1.03 bits per heavy atom. The Labute approximate surface area is 169 Å². The summed E-state index contributed by atoms with van der Waals surface area (Å²) in [6, 6.07) is 0. The molecule has 0 fully saturated rings. The molecule has 0 aromatic carbocycles. The van der Waals surface area contributed by atoms with E-state index in [2.05, 4.69) is 24.6 Å². The smallest absolute Gasteiger partial charge is 0.376 e. The summed E-state index contributed by atoms with van der Waals surface area (Å²) in [4.78, 5) is 40.5. The number of ether oxygens (including phenoxy) is 5. The molecule has 0 radical (unpaired) electrons. The number of hydrogen-bond donors (Lipinski definition) is 0. The zero-order valence-electron chi connectivity index (χ0n) is 17.5. The second-order valence-corrected chi connectivity index (χ2v) is 5.48. The van der Waals surface area contributed by atoms with Gasteiger partial charge in [0.15, 0.2) is 0 Å². The number of carbonyl (C=O) groups excluding carboxylic acids is 2. The highest BCUT2D eigenvalue weighted by Gasteiger charge is 2.31. The Bertz CT molecular complexity index is 420. The van der Waals surface area contributed by atoms with Crippen molar-refractivity contribution in [3.05, 3.63) is 0 Å². The minimum Gasteiger partial charge on any atom is -0.376 e. The highest BCUT2D eigenvalue weighted by molar-refractivity contribution is 5.76. The van der Waals surface area contributed by atoms with Crippen molar-refractivity contribution >= 4 is 12.3 Å². The molecule has 0 bridgehead atoms. The van der Waals surface area contributed by atoms with Gasteiger partial charge in [-0.05, 0) is 51.6 Å². The quantitative estimate of drug-likeness (QED) is 0.117. The van der Waals surface area contributed by atoms with Crippen molar-refractivity contribution in [3.8, 4) is 0 Å². The van der Waals surface area contributed by atoms with Crippen LogP contribution in [-0.4, -0.2) is 63.5 Å². The summed E-state index contributed by atoms with van der Waals surface area (Å²) in [7, 11) is 0. The fourth-order valence-electron chi connectivity index (χ4n) is 1.70. The molecule has 0 saturated heterocycles. The van der Waals surface area contributed by atoms with Gasteiger partial charge in [0.25, 0.3) is 0 Å². The fourth-order valence-corrected chi connectivity index (χ4v) is 1.70. The van der Waals surface area contributed by atoms with E-state index in [9.17, 15) is 9.59 Å². The van der Waals surface area contributed by atoms with Crippen molar-refractivity contribution in [2.45, 2.75) is 53.1 Å². The summed E-state index contributed by atoms with van der Waals surface area (Å²) >= 11 is 0. The summed E-state index contributed by atoms with van der Waals surface area (Å²) in [5.41, 5.74) is 0. The van der Waals surface area contributed by atoms with Gasteiger partial charge in [-0.15, -0.1) is 0 Å². The summed E-state index contributed by atoms with van der Waals surface area (Å²) in [6.45, 7) is 11.2. The van der Waals surface area contributed by atoms with Crippen LogP contribution in [0.4, 0.5) is 9.59 Å². The number of hydrogen-bond acceptors (Lipinski definition) is 13. The molecular weight excluding hydrogens is 400 g/mol. The molecule has 0 rings (SSSR count). The molecule has 0 amide bonds. The zero-order valence-corrected chi connectivity index (χ0v) is 17.5. The van der Waals surface area contributed by atoms with E-state index in [1.54, 1.807) is 27.7 Å². The topological polar surface area (TPSA) is 136 Å². The zero-order chi connectivity index (χ0) is 22.2. The number of rotatable bonds is 16. The molecule has 13 heteroatoms. The Morgan fingerprint density at radius 3 is 1.34 bits per heavy atom. The molecule has 2 unspecified atom stereocenters. The molecule has 0 heterocycles. The third-order valence-corrected chi connectivity index (χ3v) is 2.83. The van der Waals surface area contributed by atoms with Crippen LogP contribution in [0.3, 0.4) is 0 Å². The number of carbonyl (C=O) groups is 2. The first kappa shape index (κ1) is 27.4. The summed E-state index contributed by atoms with van der Waals surface area (Å²) in [5, 5.41) is 8.50. The largest absolute Gasteiger partial charge is 0.553 e. The van der Waals surface area contributed by atoms with E-state index in [0.717, 1.165) is 0 Å². The van der Waals surface area contributed by atoms with E-state index in [-0.39, 0.29) is 26.4 Å². The van der Waals surface area contributed by atoms with Crippen LogP contribution in [0.5, 0.6) is 0 Å². The van der Waals surface area contributed by atoms with Crippen LogP contribution in [0.1, 0.15) is 41.5 Å². The van der Waals surface area contributed by atoms with Crippen LogP contribution >= 0.6 is 0 Å². The normalized spacial score (nSPS) is 15.2. The van der Waals surface area contributed by atoms with Gasteiger partial charge >= 0.3 is 12.3 Å². The van der Waals surface area contributed by atoms with Gasteiger partial charge in [-0.25, -0.2) is 9.78 Å². The lowest BCUT2D eigenvalue weighted by molar-refractivity contribution is -0.557. The molecule has 0 saturated carbocycles. The SMILES string of the molecule is CCOCC(C)(OCC)OOOC(=O)OC(=O)OOOC(C)(COCC)OCC. The highest BCUT2D eigenvalue weighted by atomic mass is 17.5. The van der Waals surface area contributed by atoms with Crippen molar-refractivity contribution in [1.29, 1.82) is 0 Å². The minimum atomic E-state index is -1.60. The lowest BCUT2D eigenvalue weighted by atomic mass is 10.3. The predicted octanol–water partition coefficient (Wildman–Crippen LogP) is 2.58. The van der Waals surface area contributed by atoms with Crippen LogP contribution in [0.15, 0.2) is 0 Å². The summed E-state index contributed by atoms with van der Waals surface area (Å²) in [6.07, 6.45) is -3.20. The standard InChI is InChI=1S/C16H30O13/c1-7-19-11-15(5,21-9-3)26-28-24-13(17)23-14(18)25-29-27-16(6,22-10-4)12-20-8-2/h7-12H2,1-6H3. The Balaban J connectivity index is 4.22. The third kappa shape index (κ3) is 13.3. The maximum atomic E-state index is 11.4. The van der Waals surface area contributed by atoms with E-state index in [0.29, 0.717) is 13.2 Å². The van der Waals surface area contributed by atoms with Crippen LogP contribution in [0, 0.1) is 0 Å². The van der Waals surface area contributed by atoms with E-state index < -0.39 is 23.9 Å². The highest BCUT2D eigenvalue weighted by Crippen LogP contribution is 2.15. The van der Waals surface area contributed by atoms with Gasteiger partial charge in [0.1, 0.15) is 13.2 Å². The lowest BCUT2D eigenvalue weighted by Gasteiger charge is -2.26. The maximum absolute atomic E-state index is 11.4. The molecule has 0 aliphatic rings. The van der Waals surface area contributed by atoms with Gasteiger partial charge in [0.05, 0.1) is 0 Å². The van der Waals surface area contributed by atoms with Gasteiger partial charge in [0.2, 0.25) is 11.6 Å². The Kier molecular flexibility index (Phi) is 14.5. The molecule has 0 aliphatic carbocycles. The van der Waals surface area contributed by atoms with E-state index in [1.165, 1.54) is 13.8 Å². The molecule has 0 aromatic heterocycles. The Morgan fingerprint density at radius 1 is 0.655 bits per heavy atom. The first-order valence-electron chi connectivity index (χ1n) is 8.98. The van der Waals surface area contributed by atoms with Crippen LogP contribution in [0.2, 0.25) is 0 Å². The molecule has 0 N–H and O–H groups in total. The van der Waals surface area contributed by atoms with Crippen molar-refractivity contribution < 1.29 is 62.9 Å². The minimum absolute atomic E-state index is 0.0106. The van der Waals surface area contributed by atoms with Gasteiger partial charge in [-0.3, -0.25) is 0 Å². The van der Waals surface area contributed by atoms with Gasteiger partial charge in [-0.2, -0.15) is 19.4 Å². The lowest BCUT2D eigenvalue weighted by Crippen LogP contribution is -2.38. The summed E-state index contributed by atoms with van der Waals surface area (Å²) in [5.74, 6) is -2.71. The van der Waals surface area contributed by atoms with Crippen molar-refractivity contribution in [2.24, 2.45) is 0 Å². The second kappa shape index (κ2) is 15.3. The molecule has 2 atom stereocenters. The van der Waals surface area contributed by atoms with Crippen molar-refractivity contribution in [2.75, 3.05) is 39.6 Å². The average Bonchev–Trinajstić information content (AvgIpc) is 2.65. The van der Waals surface area contributed by atoms with E-state index in [4.69, 9.17) is 28.7 Å². The molecule has 0 aromatic rings. The molecular formula is C16H30O13. The van der Waals surface area contributed by atoms with Gasteiger partial charge in [0, 0.05) is 26.4 Å². The average molecular weight is 430 g/mol. The summed E-state index contributed by atoms with van der Waals surface area (Å²) < 4.78 is 25.0. The van der Waals surface area contributed by atoms with Crippen molar-refractivity contribution in [3.63, 3.8) is 0 Å². The first-order chi connectivity index (χ1) is 13.7. The molecule has 29 heavy (non-hydrogen) atoms.